The molecule has 1 aromatic rings. The van der Waals surface area contributed by atoms with Gasteiger partial charge < -0.3 is 15.6 Å². The van der Waals surface area contributed by atoms with Crippen LogP contribution in [0.15, 0.2) is 6.33 Å². The Morgan fingerprint density at radius 3 is 2.81 bits per heavy atom. The van der Waals surface area contributed by atoms with Crippen LogP contribution in [0.3, 0.4) is 0 Å². The van der Waals surface area contributed by atoms with Crippen molar-refractivity contribution in [1.29, 1.82) is 0 Å². The Morgan fingerprint density at radius 2 is 2.31 bits per heavy atom. The van der Waals surface area contributed by atoms with Crippen molar-refractivity contribution in [3.63, 3.8) is 0 Å². The molecule has 0 aliphatic heterocycles. The third kappa shape index (κ3) is 3.03. The summed E-state index contributed by atoms with van der Waals surface area (Å²) in [4.78, 5) is 11.7. The van der Waals surface area contributed by atoms with Crippen LogP contribution in [0.5, 0.6) is 0 Å². The second-order valence-corrected chi connectivity index (χ2v) is 4.01. The summed E-state index contributed by atoms with van der Waals surface area (Å²) in [7, 11) is 1.85. The lowest BCUT2D eigenvalue weighted by Crippen LogP contribution is -2.33. The quantitative estimate of drug-likeness (QED) is 0.737. The smallest absolute Gasteiger partial charge is 0.223 e. The number of hydrogen-bond donors (Lipinski definition) is 2. The molecule has 0 aliphatic carbocycles. The lowest BCUT2D eigenvalue weighted by Gasteiger charge is -2.16. The van der Waals surface area contributed by atoms with Gasteiger partial charge in [-0.1, -0.05) is 6.92 Å². The molecule has 6 heteroatoms. The number of amides is 1. The molecule has 0 saturated heterocycles. The minimum Gasteiger partial charge on any atom is -0.346 e. The van der Waals surface area contributed by atoms with Crippen LogP contribution >= 0.6 is 0 Å². The van der Waals surface area contributed by atoms with E-state index in [2.05, 4.69) is 15.5 Å². The predicted molar refractivity (Wildman–Crippen MR) is 60.4 cm³/mol. The summed E-state index contributed by atoms with van der Waals surface area (Å²) in [5.74, 6) is 0.676. The third-order valence-electron chi connectivity index (χ3n) is 2.54. The molecule has 0 fully saturated rings. The first-order valence-electron chi connectivity index (χ1n) is 5.40. The Hall–Kier alpha value is -1.43. The highest BCUT2D eigenvalue weighted by atomic mass is 16.1. The van der Waals surface area contributed by atoms with Crippen LogP contribution in [0.4, 0.5) is 0 Å². The molecular weight excluding hydrogens is 206 g/mol. The maximum Gasteiger partial charge on any atom is 0.223 e. The van der Waals surface area contributed by atoms with Crippen molar-refractivity contribution < 1.29 is 4.79 Å². The van der Waals surface area contributed by atoms with E-state index in [1.54, 1.807) is 10.9 Å². The number of nitrogens with one attached hydrogen (secondary N) is 1. The van der Waals surface area contributed by atoms with Gasteiger partial charge >= 0.3 is 0 Å². The highest BCUT2D eigenvalue weighted by molar-refractivity contribution is 5.78. The molecule has 1 heterocycles. The molecule has 0 spiro atoms. The molecule has 0 aliphatic rings. The molecule has 3 N–H and O–H groups in total. The van der Waals surface area contributed by atoms with Crippen LogP contribution in [0, 0.1) is 5.92 Å². The summed E-state index contributed by atoms with van der Waals surface area (Å²) in [5, 5.41) is 10.6. The average molecular weight is 225 g/mol. The van der Waals surface area contributed by atoms with Gasteiger partial charge in [-0.25, -0.2) is 0 Å². The van der Waals surface area contributed by atoms with Crippen LogP contribution in [-0.4, -0.2) is 27.2 Å². The van der Waals surface area contributed by atoms with E-state index in [1.165, 1.54) is 0 Å². The van der Waals surface area contributed by atoms with Gasteiger partial charge in [-0.15, -0.1) is 10.2 Å². The van der Waals surface area contributed by atoms with Crippen molar-refractivity contribution in [2.45, 2.75) is 26.3 Å². The summed E-state index contributed by atoms with van der Waals surface area (Å²) in [5.41, 5.74) is 5.41. The Balaban J connectivity index is 2.55. The summed E-state index contributed by atoms with van der Waals surface area (Å²) < 4.78 is 1.79. The maximum absolute atomic E-state index is 11.7. The molecule has 16 heavy (non-hydrogen) atoms. The normalized spacial score (nSPS) is 14.5. The fraction of sp³-hybridized carbons (Fsp3) is 0.700. The van der Waals surface area contributed by atoms with Crippen LogP contribution in [0.25, 0.3) is 0 Å². The number of rotatable bonds is 5. The van der Waals surface area contributed by atoms with Gasteiger partial charge in [0.25, 0.3) is 0 Å². The molecule has 0 bridgehead atoms. The fourth-order valence-corrected chi connectivity index (χ4v) is 1.49. The number of carbonyl (C=O) groups is 1. The molecule has 0 aromatic carbocycles. The summed E-state index contributed by atoms with van der Waals surface area (Å²) in [6.45, 7) is 4.27. The number of aromatic nitrogens is 3. The lowest BCUT2D eigenvalue weighted by atomic mass is 10.1. The van der Waals surface area contributed by atoms with E-state index in [9.17, 15) is 4.79 Å². The molecule has 90 valence electrons. The molecule has 0 saturated carbocycles. The van der Waals surface area contributed by atoms with E-state index in [0.717, 1.165) is 5.82 Å². The Kier molecular flexibility index (Phi) is 4.42. The van der Waals surface area contributed by atoms with Crippen molar-refractivity contribution >= 4 is 5.91 Å². The molecule has 6 nitrogen and oxygen atoms in total. The minimum absolute atomic E-state index is 0.000880. The number of hydrogen-bond acceptors (Lipinski definition) is 4. The number of nitrogens with two attached hydrogens (primary N) is 1. The van der Waals surface area contributed by atoms with Gasteiger partial charge in [0.1, 0.15) is 6.33 Å². The van der Waals surface area contributed by atoms with Gasteiger partial charge in [-0.3, -0.25) is 4.79 Å². The van der Waals surface area contributed by atoms with E-state index in [1.807, 2.05) is 20.9 Å². The molecule has 0 radical (unpaired) electrons. The fourth-order valence-electron chi connectivity index (χ4n) is 1.49. The zero-order valence-corrected chi connectivity index (χ0v) is 9.97. The van der Waals surface area contributed by atoms with Crippen molar-refractivity contribution in [2.75, 3.05) is 6.54 Å². The first-order valence-corrected chi connectivity index (χ1v) is 5.40. The SMILES string of the molecule is CC(CCN)C(=O)NC(C)c1nncn1C. The Morgan fingerprint density at radius 1 is 1.62 bits per heavy atom. The van der Waals surface area contributed by atoms with Gasteiger partial charge in [0.15, 0.2) is 5.82 Å². The second-order valence-electron chi connectivity index (χ2n) is 4.01. The lowest BCUT2D eigenvalue weighted by molar-refractivity contribution is -0.125. The van der Waals surface area contributed by atoms with Crippen LogP contribution < -0.4 is 11.1 Å². The van der Waals surface area contributed by atoms with Gasteiger partial charge in [0.05, 0.1) is 6.04 Å². The largest absolute Gasteiger partial charge is 0.346 e. The van der Waals surface area contributed by atoms with Crippen LogP contribution in [0.1, 0.15) is 32.1 Å². The average Bonchev–Trinajstić information content (AvgIpc) is 2.64. The highest BCUT2D eigenvalue weighted by Gasteiger charge is 2.17. The minimum atomic E-state index is -0.139. The van der Waals surface area contributed by atoms with Gasteiger partial charge in [-0.05, 0) is 19.9 Å². The predicted octanol–water partition coefficient (Wildman–Crippen LogP) is -0.0228. The number of carbonyl (C=O) groups excluding carboxylic acids is 1. The van der Waals surface area contributed by atoms with Crippen molar-refractivity contribution in [2.24, 2.45) is 18.7 Å². The zero-order chi connectivity index (χ0) is 12.1. The van der Waals surface area contributed by atoms with Crippen LogP contribution in [-0.2, 0) is 11.8 Å². The van der Waals surface area contributed by atoms with Crippen molar-refractivity contribution in [3.8, 4) is 0 Å². The number of aryl methyl sites for hydroxylation is 1. The number of nitrogens with zero attached hydrogens (tertiary/aromatic N) is 3. The molecular formula is C10H19N5O. The van der Waals surface area contributed by atoms with E-state index in [-0.39, 0.29) is 17.9 Å². The van der Waals surface area contributed by atoms with E-state index in [4.69, 9.17) is 5.73 Å². The van der Waals surface area contributed by atoms with Gasteiger partial charge in [0, 0.05) is 13.0 Å². The van der Waals surface area contributed by atoms with Crippen LogP contribution in [0.2, 0.25) is 0 Å². The van der Waals surface area contributed by atoms with E-state index in [0.29, 0.717) is 13.0 Å². The summed E-state index contributed by atoms with van der Waals surface area (Å²) >= 11 is 0. The molecule has 1 rings (SSSR count). The molecule has 1 aromatic heterocycles. The highest BCUT2D eigenvalue weighted by Crippen LogP contribution is 2.09. The van der Waals surface area contributed by atoms with E-state index < -0.39 is 0 Å². The maximum atomic E-state index is 11.7. The third-order valence-corrected chi connectivity index (χ3v) is 2.54. The summed E-state index contributed by atoms with van der Waals surface area (Å²) in [6.07, 6.45) is 2.30. The van der Waals surface area contributed by atoms with Crippen molar-refractivity contribution in [3.05, 3.63) is 12.2 Å². The first kappa shape index (κ1) is 12.6. The molecule has 2 atom stereocenters. The van der Waals surface area contributed by atoms with Gasteiger partial charge in [0.2, 0.25) is 5.91 Å². The van der Waals surface area contributed by atoms with Gasteiger partial charge in [-0.2, -0.15) is 0 Å². The topological polar surface area (TPSA) is 85.8 Å². The van der Waals surface area contributed by atoms with Crippen molar-refractivity contribution in [1.82, 2.24) is 20.1 Å². The Bertz CT molecular complexity index is 349. The summed E-state index contributed by atoms with van der Waals surface area (Å²) in [6, 6.07) is -0.139. The zero-order valence-electron chi connectivity index (χ0n) is 9.97. The monoisotopic (exact) mass is 225 g/mol. The van der Waals surface area contributed by atoms with E-state index >= 15 is 0 Å². The second kappa shape index (κ2) is 5.60. The first-order chi connectivity index (χ1) is 7.56. The Labute approximate surface area is 95.2 Å². The molecule has 2 unspecified atom stereocenters. The standard InChI is InChI=1S/C10H19N5O/c1-7(4-5-11)10(16)13-8(2)9-14-12-6-15(9)3/h6-8H,4-5,11H2,1-3H3,(H,13,16). The molecule has 1 amide bonds.